The van der Waals surface area contributed by atoms with Gasteiger partial charge in [-0.2, -0.15) is 0 Å². The summed E-state index contributed by atoms with van der Waals surface area (Å²) in [6.07, 6.45) is 1.02. The number of methoxy groups -OCH3 is 1. The Morgan fingerprint density at radius 1 is 1.44 bits per heavy atom. The summed E-state index contributed by atoms with van der Waals surface area (Å²) in [5, 5.41) is 9.20. The third-order valence-electron chi connectivity index (χ3n) is 2.16. The molecule has 2 N–H and O–H groups in total. The maximum absolute atomic E-state index is 5.63. The van der Waals surface area contributed by atoms with Crippen LogP contribution in [0.4, 0.5) is 0 Å². The van der Waals surface area contributed by atoms with Gasteiger partial charge in [0.05, 0.1) is 6.54 Å². The SMILES string of the molecule is COCCCSc1nnc(CN)n1C(C)C. The zero-order chi connectivity index (χ0) is 12.0. The molecule has 0 bridgehead atoms. The van der Waals surface area contributed by atoms with Crippen LogP contribution in [0.5, 0.6) is 0 Å². The molecule has 0 atom stereocenters. The van der Waals surface area contributed by atoms with Crippen molar-refractivity contribution in [2.75, 3.05) is 19.5 Å². The van der Waals surface area contributed by atoms with Crippen molar-refractivity contribution in [1.29, 1.82) is 0 Å². The first-order chi connectivity index (χ1) is 7.70. The highest BCUT2D eigenvalue weighted by atomic mass is 32.2. The third kappa shape index (κ3) is 3.47. The molecule has 0 aliphatic heterocycles. The lowest BCUT2D eigenvalue weighted by atomic mass is 10.4. The highest BCUT2D eigenvalue weighted by Gasteiger charge is 2.13. The first kappa shape index (κ1) is 13.5. The maximum atomic E-state index is 5.63. The highest BCUT2D eigenvalue weighted by Crippen LogP contribution is 2.21. The van der Waals surface area contributed by atoms with Crippen LogP contribution in [0, 0.1) is 0 Å². The summed E-state index contributed by atoms with van der Waals surface area (Å²) < 4.78 is 7.10. The number of nitrogens with zero attached hydrogens (tertiary/aromatic N) is 3. The molecular weight excluding hydrogens is 224 g/mol. The molecule has 1 aromatic heterocycles. The smallest absolute Gasteiger partial charge is 0.191 e. The third-order valence-corrected chi connectivity index (χ3v) is 3.19. The van der Waals surface area contributed by atoms with E-state index in [2.05, 4.69) is 28.6 Å². The zero-order valence-corrected chi connectivity index (χ0v) is 11.0. The first-order valence-electron chi connectivity index (χ1n) is 5.46. The molecule has 0 aliphatic carbocycles. The molecule has 1 aromatic rings. The lowest BCUT2D eigenvalue weighted by molar-refractivity contribution is 0.200. The average molecular weight is 244 g/mol. The molecule has 1 rings (SSSR count). The van der Waals surface area contributed by atoms with Crippen molar-refractivity contribution in [2.45, 2.75) is 38.0 Å². The fourth-order valence-electron chi connectivity index (χ4n) is 1.43. The Morgan fingerprint density at radius 3 is 2.75 bits per heavy atom. The van der Waals surface area contributed by atoms with E-state index >= 15 is 0 Å². The number of rotatable bonds is 7. The molecule has 0 fully saturated rings. The molecule has 16 heavy (non-hydrogen) atoms. The van der Waals surface area contributed by atoms with Gasteiger partial charge in [0.25, 0.3) is 0 Å². The summed E-state index contributed by atoms with van der Waals surface area (Å²) in [5.41, 5.74) is 5.63. The minimum atomic E-state index is 0.346. The number of hydrogen-bond acceptors (Lipinski definition) is 5. The minimum Gasteiger partial charge on any atom is -0.385 e. The number of nitrogens with two attached hydrogens (primary N) is 1. The fraction of sp³-hybridized carbons (Fsp3) is 0.800. The Bertz CT molecular complexity index is 314. The van der Waals surface area contributed by atoms with Gasteiger partial charge in [-0.3, -0.25) is 0 Å². The minimum absolute atomic E-state index is 0.346. The van der Waals surface area contributed by atoms with Gasteiger partial charge in [0.15, 0.2) is 5.16 Å². The van der Waals surface area contributed by atoms with Crippen molar-refractivity contribution in [1.82, 2.24) is 14.8 Å². The monoisotopic (exact) mass is 244 g/mol. The van der Waals surface area contributed by atoms with Crippen molar-refractivity contribution in [3.8, 4) is 0 Å². The normalized spacial score (nSPS) is 11.3. The molecule has 0 saturated carbocycles. The lowest BCUT2D eigenvalue weighted by Crippen LogP contribution is -2.11. The maximum Gasteiger partial charge on any atom is 0.191 e. The topological polar surface area (TPSA) is 66.0 Å². The molecule has 92 valence electrons. The number of aromatic nitrogens is 3. The van der Waals surface area contributed by atoms with E-state index in [9.17, 15) is 0 Å². The van der Waals surface area contributed by atoms with E-state index < -0.39 is 0 Å². The van der Waals surface area contributed by atoms with Crippen LogP contribution in [0.3, 0.4) is 0 Å². The Balaban J connectivity index is 2.61. The van der Waals surface area contributed by atoms with Gasteiger partial charge in [0.2, 0.25) is 0 Å². The molecule has 0 amide bonds. The van der Waals surface area contributed by atoms with E-state index in [0.29, 0.717) is 12.6 Å². The van der Waals surface area contributed by atoms with Gasteiger partial charge in [0, 0.05) is 25.5 Å². The second kappa shape index (κ2) is 6.88. The predicted octanol–water partition coefficient (Wildman–Crippen LogP) is 1.45. The molecule has 1 heterocycles. The predicted molar refractivity (Wildman–Crippen MR) is 65.5 cm³/mol. The Kier molecular flexibility index (Phi) is 5.79. The van der Waals surface area contributed by atoms with Crippen LogP contribution in [0.2, 0.25) is 0 Å². The largest absolute Gasteiger partial charge is 0.385 e. The van der Waals surface area contributed by atoms with Crippen LogP contribution in [0.15, 0.2) is 5.16 Å². The van der Waals surface area contributed by atoms with Gasteiger partial charge in [-0.15, -0.1) is 10.2 Å². The van der Waals surface area contributed by atoms with Crippen LogP contribution in [0.1, 0.15) is 32.1 Å². The Hall–Kier alpha value is -0.590. The number of ether oxygens (including phenoxy) is 1. The first-order valence-corrected chi connectivity index (χ1v) is 6.44. The van der Waals surface area contributed by atoms with Crippen molar-refractivity contribution in [3.05, 3.63) is 5.82 Å². The molecule has 0 saturated heterocycles. The molecule has 5 nitrogen and oxygen atoms in total. The van der Waals surface area contributed by atoms with Crippen molar-refractivity contribution >= 4 is 11.8 Å². The highest BCUT2D eigenvalue weighted by molar-refractivity contribution is 7.99. The van der Waals surface area contributed by atoms with E-state index in [0.717, 1.165) is 29.8 Å². The summed E-state index contributed by atoms with van der Waals surface area (Å²) in [7, 11) is 1.72. The molecule has 0 spiro atoms. The van der Waals surface area contributed by atoms with E-state index in [1.54, 1.807) is 18.9 Å². The van der Waals surface area contributed by atoms with Crippen LogP contribution in [-0.4, -0.2) is 34.2 Å². The van der Waals surface area contributed by atoms with Gasteiger partial charge in [-0.05, 0) is 20.3 Å². The van der Waals surface area contributed by atoms with E-state index in [-0.39, 0.29) is 0 Å². The molecule has 0 radical (unpaired) electrons. The molecule has 6 heteroatoms. The van der Waals surface area contributed by atoms with Crippen LogP contribution < -0.4 is 5.73 Å². The number of thioether (sulfide) groups is 1. The summed E-state index contributed by atoms with van der Waals surface area (Å²) in [6, 6.07) is 0.346. The van der Waals surface area contributed by atoms with E-state index in [1.165, 1.54) is 0 Å². The zero-order valence-electron chi connectivity index (χ0n) is 10.1. The van der Waals surface area contributed by atoms with Gasteiger partial charge in [-0.1, -0.05) is 11.8 Å². The number of hydrogen-bond donors (Lipinski definition) is 1. The molecule has 0 aliphatic rings. The van der Waals surface area contributed by atoms with Crippen molar-refractivity contribution < 1.29 is 4.74 Å². The van der Waals surface area contributed by atoms with Crippen molar-refractivity contribution in [2.24, 2.45) is 5.73 Å². The van der Waals surface area contributed by atoms with Crippen LogP contribution in [-0.2, 0) is 11.3 Å². The standard InChI is InChI=1S/C10H20N4OS/c1-8(2)14-9(7-11)12-13-10(14)16-6-4-5-15-3/h8H,4-7,11H2,1-3H3. The van der Waals surface area contributed by atoms with Gasteiger partial charge in [-0.25, -0.2) is 0 Å². The molecular formula is C10H20N4OS. The Labute approximate surface area is 101 Å². The summed E-state index contributed by atoms with van der Waals surface area (Å²) in [4.78, 5) is 0. The average Bonchev–Trinajstić information content (AvgIpc) is 2.67. The summed E-state index contributed by atoms with van der Waals surface area (Å²) in [5.74, 6) is 1.84. The van der Waals surface area contributed by atoms with Gasteiger partial charge < -0.3 is 15.0 Å². The second-order valence-electron chi connectivity index (χ2n) is 3.76. The van der Waals surface area contributed by atoms with Crippen LogP contribution in [0.25, 0.3) is 0 Å². The van der Waals surface area contributed by atoms with E-state index in [1.807, 2.05) is 0 Å². The van der Waals surface area contributed by atoms with Crippen LogP contribution >= 0.6 is 11.8 Å². The summed E-state index contributed by atoms with van der Waals surface area (Å²) in [6.45, 7) is 5.44. The lowest BCUT2D eigenvalue weighted by Gasteiger charge is -2.12. The van der Waals surface area contributed by atoms with Gasteiger partial charge >= 0.3 is 0 Å². The molecule has 0 aromatic carbocycles. The quantitative estimate of drug-likeness (QED) is 0.581. The Morgan fingerprint density at radius 2 is 2.19 bits per heavy atom. The second-order valence-corrected chi connectivity index (χ2v) is 4.82. The van der Waals surface area contributed by atoms with E-state index in [4.69, 9.17) is 10.5 Å². The fourth-order valence-corrected chi connectivity index (χ4v) is 2.43. The molecule has 0 unspecified atom stereocenters. The van der Waals surface area contributed by atoms with Gasteiger partial charge in [0.1, 0.15) is 5.82 Å². The van der Waals surface area contributed by atoms with Crippen molar-refractivity contribution in [3.63, 3.8) is 0 Å². The summed E-state index contributed by atoms with van der Waals surface area (Å²) >= 11 is 1.71.